The van der Waals surface area contributed by atoms with Gasteiger partial charge in [-0.25, -0.2) is 0 Å². The van der Waals surface area contributed by atoms with Crippen LogP contribution in [0.15, 0.2) is 18.2 Å². The summed E-state index contributed by atoms with van der Waals surface area (Å²) in [5.41, 5.74) is 7.66. The molecular formula is C13H14Cl2N4O. The van der Waals surface area contributed by atoms with E-state index in [2.05, 4.69) is 15.5 Å². The SMILES string of the molecule is CCCc1[nH]nc(C(=O)Nc2ccc(Cl)cc2Cl)c1N. The molecule has 0 aliphatic carbocycles. The number of aryl methyl sites for hydroxylation is 1. The van der Waals surface area contributed by atoms with E-state index in [0.717, 1.165) is 18.5 Å². The number of anilines is 2. The van der Waals surface area contributed by atoms with Crippen LogP contribution < -0.4 is 11.1 Å². The molecule has 7 heteroatoms. The van der Waals surface area contributed by atoms with Crippen LogP contribution in [0.2, 0.25) is 10.0 Å². The van der Waals surface area contributed by atoms with Gasteiger partial charge < -0.3 is 11.1 Å². The van der Waals surface area contributed by atoms with Crippen molar-refractivity contribution in [3.63, 3.8) is 0 Å². The highest BCUT2D eigenvalue weighted by molar-refractivity contribution is 6.36. The number of carbonyl (C=O) groups excluding carboxylic acids is 1. The largest absolute Gasteiger partial charge is 0.395 e. The Morgan fingerprint density at radius 1 is 1.45 bits per heavy atom. The molecule has 2 aromatic rings. The minimum absolute atomic E-state index is 0.166. The van der Waals surface area contributed by atoms with Gasteiger partial charge in [-0.05, 0) is 24.6 Å². The van der Waals surface area contributed by atoms with E-state index >= 15 is 0 Å². The van der Waals surface area contributed by atoms with Gasteiger partial charge >= 0.3 is 0 Å². The molecule has 20 heavy (non-hydrogen) atoms. The lowest BCUT2D eigenvalue weighted by molar-refractivity contribution is 0.102. The maximum atomic E-state index is 12.1. The minimum Gasteiger partial charge on any atom is -0.395 e. The van der Waals surface area contributed by atoms with Crippen molar-refractivity contribution in [3.05, 3.63) is 39.6 Å². The van der Waals surface area contributed by atoms with E-state index in [1.165, 1.54) is 0 Å². The Bertz CT molecular complexity index is 639. The highest BCUT2D eigenvalue weighted by Crippen LogP contribution is 2.26. The van der Waals surface area contributed by atoms with E-state index in [4.69, 9.17) is 28.9 Å². The second-order valence-electron chi connectivity index (χ2n) is 4.29. The molecule has 1 amide bonds. The summed E-state index contributed by atoms with van der Waals surface area (Å²) < 4.78 is 0. The Morgan fingerprint density at radius 3 is 2.85 bits per heavy atom. The average molecular weight is 313 g/mol. The number of hydrogen-bond donors (Lipinski definition) is 3. The predicted octanol–water partition coefficient (Wildman–Crippen LogP) is 3.50. The van der Waals surface area contributed by atoms with Gasteiger partial charge in [-0.2, -0.15) is 5.10 Å². The number of nitrogens with two attached hydrogens (primary N) is 1. The number of hydrogen-bond acceptors (Lipinski definition) is 3. The third-order valence-electron chi connectivity index (χ3n) is 2.78. The van der Waals surface area contributed by atoms with Crippen molar-refractivity contribution in [1.82, 2.24) is 10.2 Å². The predicted molar refractivity (Wildman–Crippen MR) is 81.4 cm³/mol. The number of rotatable bonds is 4. The van der Waals surface area contributed by atoms with Gasteiger partial charge in [0.15, 0.2) is 5.69 Å². The molecule has 0 saturated heterocycles. The normalized spacial score (nSPS) is 10.6. The number of benzene rings is 1. The van der Waals surface area contributed by atoms with Crippen molar-refractivity contribution in [3.8, 4) is 0 Å². The molecule has 5 nitrogen and oxygen atoms in total. The Labute approximate surface area is 126 Å². The van der Waals surface area contributed by atoms with Crippen LogP contribution in [0.5, 0.6) is 0 Å². The first-order valence-corrected chi connectivity index (χ1v) is 6.87. The summed E-state index contributed by atoms with van der Waals surface area (Å²) in [5, 5.41) is 10.2. The number of aromatic amines is 1. The first kappa shape index (κ1) is 14.7. The van der Waals surface area contributed by atoms with Crippen LogP contribution in [-0.4, -0.2) is 16.1 Å². The van der Waals surface area contributed by atoms with E-state index in [0.29, 0.717) is 21.4 Å². The van der Waals surface area contributed by atoms with Crippen molar-refractivity contribution >= 4 is 40.5 Å². The summed E-state index contributed by atoms with van der Waals surface area (Å²) in [4.78, 5) is 12.1. The third-order valence-corrected chi connectivity index (χ3v) is 3.33. The van der Waals surface area contributed by atoms with E-state index < -0.39 is 5.91 Å². The van der Waals surface area contributed by atoms with E-state index in [1.54, 1.807) is 18.2 Å². The molecule has 1 aromatic heterocycles. The second-order valence-corrected chi connectivity index (χ2v) is 5.14. The zero-order chi connectivity index (χ0) is 14.7. The van der Waals surface area contributed by atoms with Gasteiger partial charge in [0.2, 0.25) is 0 Å². The molecule has 2 rings (SSSR count). The molecule has 4 N–H and O–H groups in total. The minimum atomic E-state index is -0.412. The summed E-state index contributed by atoms with van der Waals surface area (Å²) >= 11 is 11.8. The Kier molecular flexibility index (Phi) is 4.52. The molecule has 0 radical (unpaired) electrons. The summed E-state index contributed by atoms with van der Waals surface area (Å²) in [6, 6.07) is 4.81. The van der Waals surface area contributed by atoms with Crippen LogP contribution in [0, 0.1) is 0 Å². The van der Waals surface area contributed by atoms with Gasteiger partial charge in [0, 0.05) is 5.02 Å². The molecule has 0 saturated carbocycles. The lowest BCUT2D eigenvalue weighted by atomic mass is 10.2. The quantitative estimate of drug-likeness (QED) is 0.807. The number of nitrogen functional groups attached to an aromatic ring is 1. The maximum absolute atomic E-state index is 12.1. The standard InChI is InChI=1S/C13H14Cl2N4O/c1-2-3-10-11(16)12(19-18-10)13(20)17-9-5-4-7(14)6-8(9)15/h4-6H,2-3,16H2,1H3,(H,17,20)(H,18,19). The molecule has 1 heterocycles. The van der Waals surface area contributed by atoms with Crippen molar-refractivity contribution < 1.29 is 4.79 Å². The number of nitrogens with zero attached hydrogens (tertiary/aromatic N) is 1. The van der Waals surface area contributed by atoms with Gasteiger partial charge in [-0.15, -0.1) is 0 Å². The van der Waals surface area contributed by atoms with E-state index in [9.17, 15) is 4.79 Å². The fraction of sp³-hybridized carbons (Fsp3) is 0.231. The Morgan fingerprint density at radius 2 is 2.20 bits per heavy atom. The monoisotopic (exact) mass is 312 g/mol. The van der Waals surface area contributed by atoms with Crippen molar-refractivity contribution in [2.45, 2.75) is 19.8 Å². The lowest BCUT2D eigenvalue weighted by Crippen LogP contribution is -2.14. The van der Waals surface area contributed by atoms with Crippen LogP contribution >= 0.6 is 23.2 Å². The van der Waals surface area contributed by atoms with Crippen LogP contribution in [0.25, 0.3) is 0 Å². The molecule has 0 unspecified atom stereocenters. The fourth-order valence-corrected chi connectivity index (χ4v) is 2.23. The van der Waals surface area contributed by atoms with Crippen molar-refractivity contribution in [2.75, 3.05) is 11.1 Å². The van der Waals surface area contributed by atoms with Crippen molar-refractivity contribution in [1.29, 1.82) is 0 Å². The molecule has 0 aliphatic heterocycles. The Hall–Kier alpha value is -1.72. The lowest BCUT2D eigenvalue weighted by Gasteiger charge is -2.06. The summed E-state index contributed by atoms with van der Waals surface area (Å²) in [6.07, 6.45) is 1.66. The zero-order valence-electron chi connectivity index (χ0n) is 10.8. The molecule has 0 fully saturated rings. The zero-order valence-corrected chi connectivity index (χ0v) is 12.3. The number of H-pyrrole nitrogens is 1. The third kappa shape index (κ3) is 3.05. The smallest absolute Gasteiger partial charge is 0.278 e. The molecular weight excluding hydrogens is 299 g/mol. The van der Waals surface area contributed by atoms with Gasteiger partial charge in [0.05, 0.1) is 22.1 Å². The Balaban J connectivity index is 2.20. The molecule has 1 aromatic carbocycles. The van der Waals surface area contributed by atoms with Gasteiger partial charge in [-0.1, -0.05) is 36.5 Å². The summed E-state index contributed by atoms with van der Waals surface area (Å²) in [5.74, 6) is -0.412. The molecule has 106 valence electrons. The number of aromatic nitrogens is 2. The molecule has 0 aliphatic rings. The van der Waals surface area contributed by atoms with Gasteiger partial charge in [-0.3, -0.25) is 9.89 Å². The maximum Gasteiger partial charge on any atom is 0.278 e. The van der Waals surface area contributed by atoms with E-state index in [1.807, 2.05) is 6.92 Å². The number of nitrogens with one attached hydrogen (secondary N) is 2. The molecule has 0 atom stereocenters. The highest BCUT2D eigenvalue weighted by Gasteiger charge is 2.17. The summed E-state index contributed by atoms with van der Waals surface area (Å²) in [6.45, 7) is 2.02. The van der Waals surface area contributed by atoms with Crippen LogP contribution in [0.4, 0.5) is 11.4 Å². The second kappa shape index (κ2) is 6.15. The highest BCUT2D eigenvalue weighted by atomic mass is 35.5. The fourth-order valence-electron chi connectivity index (χ4n) is 1.77. The summed E-state index contributed by atoms with van der Waals surface area (Å²) in [7, 11) is 0. The van der Waals surface area contributed by atoms with Gasteiger partial charge in [0.1, 0.15) is 0 Å². The van der Waals surface area contributed by atoms with Gasteiger partial charge in [0.25, 0.3) is 5.91 Å². The first-order chi connectivity index (χ1) is 9.52. The number of carbonyl (C=O) groups is 1. The van der Waals surface area contributed by atoms with Crippen LogP contribution in [0.1, 0.15) is 29.5 Å². The average Bonchev–Trinajstić information content (AvgIpc) is 2.75. The number of amides is 1. The van der Waals surface area contributed by atoms with Crippen molar-refractivity contribution in [2.24, 2.45) is 0 Å². The molecule has 0 spiro atoms. The topological polar surface area (TPSA) is 83.8 Å². The molecule has 0 bridgehead atoms. The van der Waals surface area contributed by atoms with Crippen LogP contribution in [0.3, 0.4) is 0 Å². The number of halogens is 2. The van der Waals surface area contributed by atoms with E-state index in [-0.39, 0.29) is 5.69 Å². The van der Waals surface area contributed by atoms with Crippen LogP contribution in [-0.2, 0) is 6.42 Å². The first-order valence-electron chi connectivity index (χ1n) is 6.12.